The summed E-state index contributed by atoms with van der Waals surface area (Å²) in [4.78, 5) is 3.63. The maximum Gasteiger partial charge on any atom is 0.309 e. The van der Waals surface area contributed by atoms with E-state index in [0.29, 0.717) is 0 Å². The van der Waals surface area contributed by atoms with Gasteiger partial charge in [-0.3, -0.25) is 0 Å². The summed E-state index contributed by atoms with van der Waals surface area (Å²) in [5.74, 6) is -0.0821. The average Bonchev–Trinajstić information content (AvgIpc) is 2.36. The fourth-order valence-electron chi connectivity index (χ4n) is 0.450. The van der Waals surface area contributed by atoms with Gasteiger partial charge in [-0.2, -0.15) is 8.42 Å². The van der Waals surface area contributed by atoms with E-state index in [-0.39, 0.29) is 16.0 Å². The van der Waals surface area contributed by atoms with Gasteiger partial charge in [-0.1, -0.05) is 22.9 Å². The summed E-state index contributed by atoms with van der Waals surface area (Å²) in [6.45, 7) is 1.49. The molecule has 0 radical (unpaired) electrons. The van der Waals surface area contributed by atoms with Crippen LogP contribution in [0.5, 0.6) is 5.06 Å². The van der Waals surface area contributed by atoms with E-state index in [4.69, 9.17) is 11.6 Å². The fraction of sp³-hybridized carbons (Fsp3) is 0.400. The fourth-order valence-corrected chi connectivity index (χ4v) is 2.07. The summed E-state index contributed by atoms with van der Waals surface area (Å²) in [5, 5.41) is 0.204. The number of nitrogens with zero attached hydrogens (tertiary/aromatic N) is 1. The van der Waals surface area contributed by atoms with Crippen molar-refractivity contribution >= 4 is 33.1 Å². The van der Waals surface area contributed by atoms with E-state index in [1.807, 2.05) is 0 Å². The summed E-state index contributed by atoms with van der Waals surface area (Å²) >= 11 is 6.56. The van der Waals surface area contributed by atoms with Crippen molar-refractivity contribution in [1.82, 2.24) is 4.98 Å². The first-order valence-corrected chi connectivity index (χ1v) is 5.90. The van der Waals surface area contributed by atoms with Gasteiger partial charge in [-0.15, -0.1) is 0 Å². The van der Waals surface area contributed by atoms with Crippen LogP contribution in [-0.4, -0.2) is 19.2 Å². The molecule has 0 aliphatic heterocycles. The van der Waals surface area contributed by atoms with Crippen LogP contribution >= 0.6 is 22.9 Å². The average molecular weight is 228 g/mol. The monoisotopic (exact) mass is 227 g/mol. The first kappa shape index (κ1) is 9.76. The zero-order valence-electron chi connectivity index (χ0n) is 6.15. The number of halogens is 1. The van der Waals surface area contributed by atoms with Crippen molar-refractivity contribution in [3.05, 3.63) is 10.7 Å². The second-order valence-corrected chi connectivity index (χ2v) is 4.90. The molecular formula is C5H6ClNO3S2. The molecule has 0 saturated carbocycles. The number of aromatic nitrogens is 1. The SMILES string of the molecule is CCS(=O)(=O)Oc1scnc1Cl. The molecule has 1 rings (SSSR count). The van der Waals surface area contributed by atoms with Gasteiger partial charge in [0.15, 0.2) is 5.15 Å². The highest BCUT2D eigenvalue weighted by atomic mass is 35.5. The van der Waals surface area contributed by atoms with Gasteiger partial charge in [0, 0.05) is 0 Å². The van der Waals surface area contributed by atoms with Crippen LogP contribution in [0, 0.1) is 0 Å². The van der Waals surface area contributed by atoms with Crippen molar-refractivity contribution < 1.29 is 12.6 Å². The van der Waals surface area contributed by atoms with Gasteiger partial charge in [-0.05, 0) is 6.92 Å². The number of thiazole rings is 1. The van der Waals surface area contributed by atoms with Crippen molar-refractivity contribution in [3.8, 4) is 5.06 Å². The molecule has 12 heavy (non-hydrogen) atoms. The first-order valence-electron chi connectivity index (χ1n) is 3.06. The van der Waals surface area contributed by atoms with Crippen LogP contribution in [0.3, 0.4) is 0 Å². The van der Waals surface area contributed by atoms with E-state index < -0.39 is 10.1 Å². The number of hydrogen-bond acceptors (Lipinski definition) is 5. The first-order chi connectivity index (χ1) is 5.55. The standard InChI is InChI=1S/C5H6ClNO3S2/c1-2-12(8,9)10-5-4(6)7-3-11-5/h3H,2H2,1H3. The van der Waals surface area contributed by atoms with Gasteiger partial charge >= 0.3 is 10.1 Å². The van der Waals surface area contributed by atoms with Gasteiger partial charge < -0.3 is 4.18 Å². The molecule has 4 nitrogen and oxygen atoms in total. The van der Waals surface area contributed by atoms with Crippen LogP contribution in [0.1, 0.15) is 6.92 Å². The lowest BCUT2D eigenvalue weighted by molar-refractivity contribution is 0.493. The molecule has 1 aromatic rings. The summed E-state index contributed by atoms with van der Waals surface area (Å²) in [6, 6.07) is 0. The van der Waals surface area contributed by atoms with Gasteiger partial charge in [-0.25, -0.2) is 4.98 Å². The highest BCUT2D eigenvalue weighted by Gasteiger charge is 2.13. The minimum Gasteiger partial charge on any atom is -0.368 e. The maximum absolute atomic E-state index is 10.9. The topological polar surface area (TPSA) is 56.3 Å². The molecule has 1 heterocycles. The van der Waals surface area contributed by atoms with Crippen molar-refractivity contribution in [2.24, 2.45) is 0 Å². The lowest BCUT2D eigenvalue weighted by atomic mass is 10.9. The lowest BCUT2D eigenvalue weighted by Gasteiger charge is -2.00. The molecule has 0 spiro atoms. The third-order valence-electron chi connectivity index (χ3n) is 1.05. The van der Waals surface area contributed by atoms with E-state index in [9.17, 15) is 8.42 Å². The predicted molar refractivity (Wildman–Crippen MR) is 47.2 cm³/mol. The van der Waals surface area contributed by atoms with E-state index >= 15 is 0 Å². The second-order valence-electron chi connectivity index (χ2n) is 1.86. The summed E-state index contributed by atoms with van der Waals surface area (Å²) in [7, 11) is -3.48. The molecule has 7 heteroatoms. The Kier molecular flexibility index (Phi) is 2.92. The van der Waals surface area contributed by atoms with Gasteiger partial charge in [0.05, 0.1) is 11.3 Å². The van der Waals surface area contributed by atoms with Crippen LogP contribution in [0.4, 0.5) is 0 Å². The largest absolute Gasteiger partial charge is 0.368 e. The third-order valence-corrected chi connectivity index (χ3v) is 3.37. The van der Waals surface area contributed by atoms with Gasteiger partial charge in [0.2, 0.25) is 5.06 Å². The highest BCUT2D eigenvalue weighted by Crippen LogP contribution is 2.28. The molecule has 0 aliphatic carbocycles. The van der Waals surface area contributed by atoms with Crippen LogP contribution in [0.2, 0.25) is 5.15 Å². The minimum absolute atomic E-state index is 0.0806. The minimum atomic E-state index is -3.48. The third kappa shape index (κ3) is 2.33. The van der Waals surface area contributed by atoms with E-state index in [0.717, 1.165) is 11.3 Å². The van der Waals surface area contributed by atoms with Crippen LogP contribution in [0.15, 0.2) is 5.51 Å². The molecule has 0 atom stereocenters. The Balaban J connectivity index is 2.84. The molecule has 0 aliphatic rings. The second kappa shape index (κ2) is 3.59. The van der Waals surface area contributed by atoms with Crippen molar-refractivity contribution in [1.29, 1.82) is 0 Å². The van der Waals surface area contributed by atoms with Crippen molar-refractivity contribution in [3.63, 3.8) is 0 Å². The molecule has 0 amide bonds. The summed E-state index contributed by atoms with van der Waals surface area (Å²) in [6.07, 6.45) is 0. The molecule has 0 saturated heterocycles. The van der Waals surface area contributed by atoms with Gasteiger partial charge in [0.25, 0.3) is 0 Å². The van der Waals surface area contributed by atoms with Crippen LogP contribution in [-0.2, 0) is 10.1 Å². The molecule has 0 aromatic carbocycles. The Labute approximate surface area is 79.3 Å². The molecule has 0 bridgehead atoms. The molecule has 0 fully saturated rings. The van der Waals surface area contributed by atoms with Crippen LogP contribution in [0.25, 0.3) is 0 Å². The maximum atomic E-state index is 10.9. The smallest absolute Gasteiger partial charge is 0.309 e. The van der Waals surface area contributed by atoms with E-state index in [1.54, 1.807) is 0 Å². The molecule has 0 unspecified atom stereocenters. The van der Waals surface area contributed by atoms with E-state index in [1.165, 1.54) is 12.4 Å². The zero-order chi connectivity index (χ0) is 9.19. The zero-order valence-corrected chi connectivity index (χ0v) is 8.54. The molecule has 0 N–H and O–H groups in total. The molecular weight excluding hydrogens is 222 g/mol. The van der Waals surface area contributed by atoms with E-state index in [2.05, 4.69) is 9.17 Å². The predicted octanol–water partition coefficient (Wildman–Crippen LogP) is 1.53. The summed E-state index contributed by atoms with van der Waals surface area (Å²) in [5.41, 5.74) is 1.42. The molecule has 1 aromatic heterocycles. The Morgan fingerprint density at radius 1 is 1.75 bits per heavy atom. The normalized spacial score (nSPS) is 11.5. The van der Waals surface area contributed by atoms with Gasteiger partial charge in [0.1, 0.15) is 0 Å². The highest BCUT2D eigenvalue weighted by molar-refractivity contribution is 7.87. The van der Waals surface area contributed by atoms with Crippen molar-refractivity contribution in [2.45, 2.75) is 6.92 Å². The van der Waals surface area contributed by atoms with Crippen molar-refractivity contribution in [2.75, 3.05) is 5.75 Å². The number of hydrogen-bond donors (Lipinski definition) is 0. The summed E-state index contributed by atoms with van der Waals surface area (Å²) < 4.78 is 26.5. The Morgan fingerprint density at radius 3 is 2.83 bits per heavy atom. The quantitative estimate of drug-likeness (QED) is 0.735. The Hall–Kier alpha value is -0.330. The molecule has 68 valence electrons. The Morgan fingerprint density at radius 2 is 2.42 bits per heavy atom. The van der Waals surface area contributed by atoms with Crippen LogP contribution < -0.4 is 4.18 Å². The number of rotatable bonds is 3. The Bertz CT molecular complexity index is 359. The lowest BCUT2D eigenvalue weighted by Crippen LogP contribution is -2.10.